The van der Waals surface area contributed by atoms with Gasteiger partial charge in [-0.1, -0.05) is 31.0 Å². The lowest BCUT2D eigenvalue weighted by Crippen LogP contribution is -2.51. The highest BCUT2D eigenvalue weighted by molar-refractivity contribution is 5.94. The number of halogens is 1. The Balaban J connectivity index is 1.33. The molecule has 0 bridgehead atoms. The van der Waals surface area contributed by atoms with Crippen molar-refractivity contribution in [3.05, 3.63) is 65.5 Å². The van der Waals surface area contributed by atoms with Crippen LogP contribution in [0.2, 0.25) is 0 Å². The lowest BCUT2D eigenvalue weighted by Gasteiger charge is -2.38. The van der Waals surface area contributed by atoms with E-state index in [2.05, 4.69) is 4.90 Å². The van der Waals surface area contributed by atoms with Crippen LogP contribution >= 0.6 is 0 Å². The number of hydrogen-bond acceptors (Lipinski definition) is 3. The van der Waals surface area contributed by atoms with Gasteiger partial charge in [0, 0.05) is 37.8 Å². The molecule has 0 aromatic heterocycles. The van der Waals surface area contributed by atoms with E-state index in [1.807, 2.05) is 23.1 Å². The quantitative estimate of drug-likeness (QED) is 0.780. The molecule has 4 nitrogen and oxygen atoms in total. The van der Waals surface area contributed by atoms with Gasteiger partial charge in [-0.25, -0.2) is 4.39 Å². The van der Waals surface area contributed by atoms with E-state index in [0.717, 1.165) is 37.8 Å². The fraction of sp³-hybridized carbons (Fsp3) is 0.435. The number of benzene rings is 2. The molecular formula is C23H27FN2O2. The minimum absolute atomic E-state index is 0.0679. The molecule has 0 atom stereocenters. The lowest BCUT2D eigenvalue weighted by atomic mass is 10.1. The van der Waals surface area contributed by atoms with Gasteiger partial charge in [0.25, 0.3) is 5.91 Å². The largest absolute Gasteiger partial charge is 0.489 e. The number of hydrogen-bond donors (Lipinski definition) is 0. The number of nitrogens with zero attached hydrogens (tertiary/aromatic N) is 2. The third kappa shape index (κ3) is 4.53. The average molecular weight is 382 g/mol. The highest BCUT2D eigenvalue weighted by atomic mass is 19.1. The van der Waals surface area contributed by atoms with E-state index < -0.39 is 0 Å². The Bertz CT molecular complexity index is 795. The van der Waals surface area contributed by atoms with Crippen LogP contribution in [0.3, 0.4) is 0 Å². The van der Waals surface area contributed by atoms with E-state index in [4.69, 9.17) is 4.74 Å². The lowest BCUT2D eigenvalue weighted by molar-refractivity contribution is 0.0573. The first-order valence-corrected chi connectivity index (χ1v) is 10.2. The van der Waals surface area contributed by atoms with Gasteiger partial charge in [-0.05, 0) is 48.7 Å². The molecule has 0 spiro atoms. The molecule has 0 radical (unpaired) electrons. The molecule has 4 rings (SSSR count). The van der Waals surface area contributed by atoms with Crippen LogP contribution in [0.25, 0.3) is 0 Å². The predicted octanol–water partition coefficient (Wildman–Crippen LogP) is 4.11. The molecule has 1 aliphatic heterocycles. The fourth-order valence-corrected chi connectivity index (χ4v) is 4.21. The second-order valence-electron chi connectivity index (χ2n) is 7.71. The van der Waals surface area contributed by atoms with Gasteiger partial charge in [-0.15, -0.1) is 0 Å². The molecule has 1 amide bonds. The highest BCUT2D eigenvalue weighted by Gasteiger charge is 2.28. The van der Waals surface area contributed by atoms with Crippen molar-refractivity contribution < 1.29 is 13.9 Å². The van der Waals surface area contributed by atoms with E-state index in [1.165, 1.54) is 37.8 Å². The van der Waals surface area contributed by atoms with Crippen molar-refractivity contribution in [2.45, 2.75) is 38.3 Å². The molecular weight excluding hydrogens is 355 g/mol. The standard InChI is InChI=1S/C23H27FN2O2/c24-20-10-8-18(9-11-20)17-28-22-7-3-4-19(16-22)23(27)26-14-12-25(13-15-26)21-5-1-2-6-21/h3-4,7-11,16,21H,1-2,5-6,12-15,17H2. The maximum atomic E-state index is 13.0. The monoisotopic (exact) mass is 382 g/mol. The summed E-state index contributed by atoms with van der Waals surface area (Å²) in [6, 6.07) is 14.3. The Kier molecular flexibility index (Phi) is 5.91. The van der Waals surface area contributed by atoms with Crippen molar-refractivity contribution >= 4 is 5.91 Å². The van der Waals surface area contributed by atoms with Crippen molar-refractivity contribution in [3.8, 4) is 5.75 Å². The predicted molar refractivity (Wildman–Crippen MR) is 107 cm³/mol. The Labute approximate surface area is 165 Å². The zero-order chi connectivity index (χ0) is 19.3. The van der Waals surface area contributed by atoms with Crippen LogP contribution < -0.4 is 4.74 Å². The van der Waals surface area contributed by atoms with Crippen LogP contribution in [0.5, 0.6) is 5.75 Å². The van der Waals surface area contributed by atoms with Gasteiger partial charge in [0.2, 0.25) is 0 Å². The van der Waals surface area contributed by atoms with Crippen molar-refractivity contribution in [2.75, 3.05) is 26.2 Å². The molecule has 1 saturated heterocycles. The minimum atomic E-state index is -0.260. The summed E-state index contributed by atoms with van der Waals surface area (Å²) in [6.45, 7) is 3.86. The third-order valence-electron chi connectivity index (χ3n) is 5.84. The van der Waals surface area contributed by atoms with Gasteiger partial charge < -0.3 is 9.64 Å². The second-order valence-corrected chi connectivity index (χ2v) is 7.71. The molecule has 0 unspecified atom stereocenters. The number of carbonyl (C=O) groups is 1. The molecule has 2 aliphatic rings. The Morgan fingerprint density at radius 2 is 1.71 bits per heavy atom. The average Bonchev–Trinajstić information content (AvgIpc) is 3.28. The summed E-state index contributed by atoms with van der Waals surface area (Å²) in [5, 5.41) is 0. The van der Waals surface area contributed by atoms with Gasteiger partial charge in [-0.3, -0.25) is 9.69 Å². The topological polar surface area (TPSA) is 32.8 Å². The van der Waals surface area contributed by atoms with Gasteiger partial charge in [0.15, 0.2) is 0 Å². The molecule has 2 aromatic rings. The Hall–Kier alpha value is -2.40. The number of amides is 1. The summed E-state index contributed by atoms with van der Waals surface area (Å²) in [4.78, 5) is 17.4. The molecule has 0 N–H and O–H groups in total. The molecule has 28 heavy (non-hydrogen) atoms. The minimum Gasteiger partial charge on any atom is -0.489 e. The summed E-state index contributed by atoms with van der Waals surface area (Å²) in [5.41, 5.74) is 1.55. The first-order chi connectivity index (χ1) is 13.7. The first-order valence-electron chi connectivity index (χ1n) is 10.2. The summed E-state index contributed by atoms with van der Waals surface area (Å²) in [6.07, 6.45) is 5.30. The molecule has 148 valence electrons. The van der Waals surface area contributed by atoms with Crippen LogP contribution in [0.4, 0.5) is 4.39 Å². The molecule has 5 heteroatoms. The van der Waals surface area contributed by atoms with Crippen LogP contribution in [0.15, 0.2) is 48.5 Å². The number of piperazine rings is 1. The van der Waals surface area contributed by atoms with Crippen molar-refractivity contribution in [1.82, 2.24) is 9.80 Å². The third-order valence-corrected chi connectivity index (χ3v) is 5.84. The van der Waals surface area contributed by atoms with E-state index >= 15 is 0 Å². The maximum Gasteiger partial charge on any atom is 0.254 e. The smallest absolute Gasteiger partial charge is 0.254 e. The number of ether oxygens (including phenoxy) is 1. The summed E-state index contributed by atoms with van der Waals surface area (Å²) in [5.74, 6) is 0.461. The summed E-state index contributed by atoms with van der Waals surface area (Å²) >= 11 is 0. The maximum absolute atomic E-state index is 13.0. The Morgan fingerprint density at radius 1 is 1.00 bits per heavy atom. The van der Waals surface area contributed by atoms with Gasteiger partial charge >= 0.3 is 0 Å². The van der Waals surface area contributed by atoms with Crippen molar-refractivity contribution in [2.24, 2.45) is 0 Å². The SMILES string of the molecule is O=C(c1cccc(OCc2ccc(F)cc2)c1)N1CCN(C2CCCC2)CC1. The van der Waals surface area contributed by atoms with E-state index in [9.17, 15) is 9.18 Å². The van der Waals surface area contributed by atoms with E-state index in [-0.39, 0.29) is 11.7 Å². The number of rotatable bonds is 5. The molecule has 2 fully saturated rings. The molecule has 1 aliphatic carbocycles. The van der Waals surface area contributed by atoms with E-state index in [1.54, 1.807) is 18.2 Å². The Morgan fingerprint density at radius 3 is 2.43 bits per heavy atom. The highest BCUT2D eigenvalue weighted by Crippen LogP contribution is 2.25. The van der Waals surface area contributed by atoms with Gasteiger partial charge in [0.05, 0.1) is 0 Å². The van der Waals surface area contributed by atoms with Crippen LogP contribution in [-0.4, -0.2) is 47.9 Å². The van der Waals surface area contributed by atoms with Gasteiger partial charge in [-0.2, -0.15) is 0 Å². The second kappa shape index (κ2) is 8.74. The van der Waals surface area contributed by atoms with Crippen molar-refractivity contribution in [3.63, 3.8) is 0 Å². The zero-order valence-electron chi connectivity index (χ0n) is 16.1. The first kappa shape index (κ1) is 18.9. The molecule has 1 heterocycles. The van der Waals surface area contributed by atoms with Crippen LogP contribution in [0, 0.1) is 5.82 Å². The normalized spacial score (nSPS) is 18.4. The van der Waals surface area contributed by atoms with E-state index in [0.29, 0.717) is 17.9 Å². The zero-order valence-corrected chi connectivity index (χ0v) is 16.1. The summed E-state index contributed by atoms with van der Waals surface area (Å²) < 4.78 is 18.8. The number of carbonyl (C=O) groups excluding carboxylic acids is 1. The van der Waals surface area contributed by atoms with Crippen LogP contribution in [-0.2, 0) is 6.61 Å². The summed E-state index contributed by atoms with van der Waals surface area (Å²) in [7, 11) is 0. The van der Waals surface area contributed by atoms with Crippen molar-refractivity contribution in [1.29, 1.82) is 0 Å². The molecule has 1 saturated carbocycles. The van der Waals surface area contributed by atoms with Crippen LogP contribution in [0.1, 0.15) is 41.6 Å². The van der Waals surface area contributed by atoms with Gasteiger partial charge in [0.1, 0.15) is 18.2 Å². The fourth-order valence-electron chi connectivity index (χ4n) is 4.21. The molecule has 2 aromatic carbocycles.